The molecule has 0 spiro atoms. The van der Waals surface area contributed by atoms with Crippen LogP contribution in [0.5, 0.6) is 5.75 Å². The van der Waals surface area contributed by atoms with Gasteiger partial charge in [0.25, 0.3) is 0 Å². The minimum Gasteiger partial charge on any atom is -0.497 e. The highest BCUT2D eigenvalue weighted by atomic mass is 19.1. The predicted molar refractivity (Wildman–Crippen MR) is 75.0 cm³/mol. The van der Waals surface area contributed by atoms with E-state index in [1.165, 1.54) is 12.1 Å². The van der Waals surface area contributed by atoms with Gasteiger partial charge in [-0.15, -0.1) is 0 Å². The van der Waals surface area contributed by atoms with Crippen LogP contribution in [-0.4, -0.2) is 14.2 Å². The molecule has 0 radical (unpaired) electrons. The normalized spacial score (nSPS) is 12.2. The van der Waals surface area contributed by atoms with Crippen molar-refractivity contribution in [2.45, 2.75) is 13.0 Å². The van der Waals surface area contributed by atoms with Crippen LogP contribution >= 0.6 is 0 Å². The highest BCUT2D eigenvalue weighted by Gasteiger charge is 2.18. The highest BCUT2D eigenvalue weighted by Crippen LogP contribution is 2.27. The summed E-state index contributed by atoms with van der Waals surface area (Å²) in [7, 11) is 3.30. The number of nitrogens with one attached hydrogen (secondary N) is 1. The first-order valence-corrected chi connectivity index (χ1v) is 6.33. The third kappa shape index (κ3) is 2.80. The molecule has 2 rings (SSSR count). The number of benzene rings is 2. The zero-order chi connectivity index (χ0) is 14.7. The Labute approximate surface area is 117 Å². The molecule has 1 N–H and O–H groups in total. The van der Waals surface area contributed by atoms with Crippen LogP contribution < -0.4 is 10.1 Å². The minimum atomic E-state index is -0.418. The standard InChI is InChI=1S/C16H17F2NO/c1-10-8-15(18)13(9-14(10)17)16(19-2)11-4-6-12(20-3)7-5-11/h4-9,16,19H,1-3H3. The monoisotopic (exact) mass is 277 g/mol. The maximum absolute atomic E-state index is 14.1. The average molecular weight is 277 g/mol. The van der Waals surface area contributed by atoms with Crippen molar-refractivity contribution in [3.63, 3.8) is 0 Å². The Morgan fingerprint density at radius 3 is 2.25 bits per heavy atom. The van der Waals surface area contributed by atoms with Crippen LogP contribution in [0.1, 0.15) is 22.7 Å². The molecule has 0 fully saturated rings. The van der Waals surface area contributed by atoms with Gasteiger partial charge < -0.3 is 10.1 Å². The Morgan fingerprint density at radius 2 is 1.70 bits per heavy atom. The second-order valence-corrected chi connectivity index (χ2v) is 4.62. The number of halogens is 2. The molecule has 0 bridgehead atoms. The fraction of sp³-hybridized carbons (Fsp3) is 0.250. The Morgan fingerprint density at radius 1 is 1.05 bits per heavy atom. The van der Waals surface area contributed by atoms with E-state index < -0.39 is 17.7 Å². The van der Waals surface area contributed by atoms with E-state index in [-0.39, 0.29) is 0 Å². The van der Waals surface area contributed by atoms with Gasteiger partial charge in [0.1, 0.15) is 17.4 Å². The second kappa shape index (κ2) is 6.01. The fourth-order valence-electron chi connectivity index (χ4n) is 2.18. The van der Waals surface area contributed by atoms with E-state index in [1.807, 2.05) is 12.1 Å². The number of hydrogen-bond acceptors (Lipinski definition) is 2. The van der Waals surface area contributed by atoms with Crippen LogP contribution in [0.15, 0.2) is 36.4 Å². The molecule has 0 saturated carbocycles. The van der Waals surface area contributed by atoms with Gasteiger partial charge in [0, 0.05) is 5.56 Å². The van der Waals surface area contributed by atoms with Crippen LogP contribution in [-0.2, 0) is 0 Å². The SMILES string of the molecule is CNC(c1ccc(OC)cc1)c1cc(F)c(C)cc1F. The largest absolute Gasteiger partial charge is 0.497 e. The van der Waals surface area contributed by atoms with Crippen LogP contribution in [0.25, 0.3) is 0 Å². The first-order valence-electron chi connectivity index (χ1n) is 6.33. The molecular formula is C16H17F2NO. The molecule has 1 unspecified atom stereocenters. The zero-order valence-corrected chi connectivity index (χ0v) is 11.7. The van der Waals surface area contributed by atoms with Crippen molar-refractivity contribution >= 4 is 0 Å². The lowest BCUT2D eigenvalue weighted by Crippen LogP contribution is -2.19. The summed E-state index contributed by atoms with van der Waals surface area (Å²) in [5.41, 5.74) is 1.44. The van der Waals surface area contributed by atoms with Gasteiger partial charge >= 0.3 is 0 Å². The van der Waals surface area contributed by atoms with Gasteiger partial charge in [-0.25, -0.2) is 8.78 Å². The summed E-state index contributed by atoms with van der Waals surface area (Å²) >= 11 is 0. The van der Waals surface area contributed by atoms with Crippen molar-refractivity contribution in [3.05, 3.63) is 64.7 Å². The van der Waals surface area contributed by atoms with E-state index >= 15 is 0 Å². The van der Waals surface area contributed by atoms with Gasteiger partial charge in [-0.2, -0.15) is 0 Å². The van der Waals surface area contributed by atoms with Gasteiger partial charge in [0.05, 0.1) is 13.2 Å². The van der Waals surface area contributed by atoms with Gasteiger partial charge in [-0.1, -0.05) is 12.1 Å². The molecule has 0 aliphatic rings. The molecule has 2 aromatic rings. The Hall–Kier alpha value is -1.94. The number of methoxy groups -OCH3 is 1. The van der Waals surface area contributed by atoms with E-state index in [9.17, 15) is 8.78 Å². The molecule has 0 amide bonds. The van der Waals surface area contributed by atoms with Gasteiger partial charge in [0.15, 0.2) is 0 Å². The molecular weight excluding hydrogens is 260 g/mol. The van der Waals surface area contributed by atoms with Crippen molar-refractivity contribution < 1.29 is 13.5 Å². The van der Waals surface area contributed by atoms with Crippen molar-refractivity contribution in [1.82, 2.24) is 5.32 Å². The first-order chi connectivity index (χ1) is 9.56. The summed E-state index contributed by atoms with van der Waals surface area (Å²) < 4.78 is 32.8. The van der Waals surface area contributed by atoms with Gasteiger partial charge in [-0.05, 0) is 49.4 Å². The maximum atomic E-state index is 14.1. The Kier molecular flexibility index (Phi) is 4.35. The maximum Gasteiger partial charge on any atom is 0.128 e. The fourth-order valence-corrected chi connectivity index (χ4v) is 2.18. The molecule has 1 atom stereocenters. The lowest BCUT2D eigenvalue weighted by atomic mass is 9.97. The number of rotatable bonds is 4. The summed E-state index contributed by atoms with van der Waals surface area (Å²) in [5.74, 6) is -0.103. The predicted octanol–water partition coefficient (Wildman–Crippen LogP) is 3.59. The highest BCUT2D eigenvalue weighted by molar-refractivity contribution is 5.37. The smallest absolute Gasteiger partial charge is 0.128 e. The molecule has 0 saturated heterocycles. The molecule has 0 aliphatic heterocycles. The van der Waals surface area contributed by atoms with Crippen molar-refractivity contribution in [1.29, 1.82) is 0 Å². The van der Waals surface area contributed by atoms with Gasteiger partial charge in [-0.3, -0.25) is 0 Å². The van der Waals surface area contributed by atoms with Crippen molar-refractivity contribution in [2.75, 3.05) is 14.2 Å². The molecule has 106 valence electrons. The summed E-state index contributed by atoms with van der Waals surface area (Å²) in [6.07, 6.45) is 0. The Balaban J connectivity index is 2.43. The van der Waals surface area contributed by atoms with E-state index in [1.54, 1.807) is 33.2 Å². The third-order valence-electron chi connectivity index (χ3n) is 3.33. The van der Waals surface area contributed by atoms with E-state index in [0.29, 0.717) is 11.1 Å². The van der Waals surface area contributed by atoms with Crippen molar-refractivity contribution in [2.24, 2.45) is 0 Å². The van der Waals surface area contributed by atoms with Crippen LogP contribution in [0, 0.1) is 18.6 Å². The lowest BCUT2D eigenvalue weighted by Gasteiger charge is -2.19. The molecule has 2 nitrogen and oxygen atoms in total. The molecule has 20 heavy (non-hydrogen) atoms. The molecule has 4 heteroatoms. The van der Waals surface area contributed by atoms with Gasteiger partial charge in [0.2, 0.25) is 0 Å². The second-order valence-electron chi connectivity index (χ2n) is 4.62. The minimum absolute atomic E-state index is 0.292. The van der Waals surface area contributed by atoms with Crippen molar-refractivity contribution in [3.8, 4) is 5.75 Å². The van der Waals surface area contributed by atoms with Crippen LogP contribution in [0.2, 0.25) is 0 Å². The number of ether oxygens (including phenoxy) is 1. The molecule has 0 aliphatic carbocycles. The third-order valence-corrected chi connectivity index (χ3v) is 3.33. The first kappa shape index (κ1) is 14.5. The number of aryl methyl sites for hydroxylation is 1. The zero-order valence-electron chi connectivity index (χ0n) is 11.7. The number of hydrogen-bond donors (Lipinski definition) is 1. The van der Waals surface area contributed by atoms with E-state index in [2.05, 4.69) is 5.32 Å². The molecule has 2 aromatic carbocycles. The summed E-state index contributed by atoms with van der Waals surface area (Å²) in [5, 5.41) is 3.01. The quantitative estimate of drug-likeness (QED) is 0.922. The van der Waals surface area contributed by atoms with Crippen LogP contribution in [0.3, 0.4) is 0 Å². The Bertz CT molecular complexity index is 596. The molecule has 0 aromatic heterocycles. The molecule has 0 heterocycles. The van der Waals surface area contributed by atoms with E-state index in [0.717, 1.165) is 11.3 Å². The van der Waals surface area contributed by atoms with Crippen LogP contribution in [0.4, 0.5) is 8.78 Å². The van der Waals surface area contributed by atoms with E-state index in [4.69, 9.17) is 4.74 Å². The summed E-state index contributed by atoms with van der Waals surface area (Å²) in [6, 6.07) is 9.31. The lowest BCUT2D eigenvalue weighted by molar-refractivity contribution is 0.414. The average Bonchev–Trinajstić information content (AvgIpc) is 2.46. The summed E-state index contributed by atoms with van der Waals surface area (Å²) in [6.45, 7) is 1.55. The topological polar surface area (TPSA) is 21.3 Å². The summed E-state index contributed by atoms with van der Waals surface area (Å²) in [4.78, 5) is 0.